The summed E-state index contributed by atoms with van der Waals surface area (Å²) in [6.07, 6.45) is 0.850. The maximum Gasteiger partial charge on any atom is 0.143 e. The molecular formula is C15H14ClFN2O. The zero-order valence-corrected chi connectivity index (χ0v) is 11.5. The molecule has 3 rings (SSSR count). The SMILES string of the molecule is Nc1cc(F)c(Cl)cc1N1CCCOc2ccccc21. The second-order valence-electron chi connectivity index (χ2n) is 4.65. The van der Waals surface area contributed by atoms with E-state index in [4.69, 9.17) is 22.1 Å². The Morgan fingerprint density at radius 1 is 1.20 bits per heavy atom. The fourth-order valence-corrected chi connectivity index (χ4v) is 2.52. The summed E-state index contributed by atoms with van der Waals surface area (Å²) >= 11 is 5.88. The van der Waals surface area contributed by atoms with Crippen molar-refractivity contribution in [3.63, 3.8) is 0 Å². The van der Waals surface area contributed by atoms with Gasteiger partial charge in [0.25, 0.3) is 0 Å². The minimum absolute atomic E-state index is 0.0665. The van der Waals surface area contributed by atoms with Crippen molar-refractivity contribution in [1.82, 2.24) is 0 Å². The molecule has 20 heavy (non-hydrogen) atoms. The van der Waals surface area contributed by atoms with E-state index in [0.717, 1.165) is 24.4 Å². The summed E-state index contributed by atoms with van der Waals surface area (Å²) in [5, 5.41) is 0.0665. The van der Waals surface area contributed by atoms with E-state index in [1.807, 2.05) is 29.2 Å². The van der Waals surface area contributed by atoms with Gasteiger partial charge in [-0.15, -0.1) is 0 Å². The highest BCUT2D eigenvalue weighted by Crippen LogP contribution is 2.39. The highest BCUT2D eigenvalue weighted by molar-refractivity contribution is 6.31. The van der Waals surface area contributed by atoms with Crippen LogP contribution in [-0.2, 0) is 0 Å². The van der Waals surface area contributed by atoms with Gasteiger partial charge in [0.2, 0.25) is 0 Å². The lowest BCUT2D eigenvalue weighted by Gasteiger charge is -2.25. The molecule has 3 nitrogen and oxygen atoms in total. The lowest BCUT2D eigenvalue weighted by atomic mass is 10.2. The first kappa shape index (κ1) is 13.1. The zero-order valence-electron chi connectivity index (χ0n) is 10.8. The third-order valence-corrected chi connectivity index (χ3v) is 3.59. The van der Waals surface area contributed by atoms with Crippen LogP contribution in [0, 0.1) is 5.82 Å². The molecule has 0 bridgehead atoms. The largest absolute Gasteiger partial charge is 0.491 e. The molecule has 0 atom stereocenters. The van der Waals surface area contributed by atoms with Crippen LogP contribution in [-0.4, -0.2) is 13.2 Å². The van der Waals surface area contributed by atoms with Crippen LogP contribution in [0.25, 0.3) is 0 Å². The summed E-state index contributed by atoms with van der Waals surface area (Å²) < 4.78 is 19.2. The van der Waals surface area contributed by atoms with E-state index in [2.05, 4.69) is 0 Å². The molecule has 1 aliphatic rings. The average molecular weight is 293 g/mol. The number of halogens is 2. The number of hydrogen-bond acceptors (Lipinski definition) is 3. The number of ether oxygens (including phenoxy) is 1. The molecule has 0 aromatic heterocycles. The predicted octanol–water partition coefficient (Wildman–Crippen LogP) is 3.98. The van der Waals surface area contributed by atoms with Gasteiger partial charge in [-0.2, -0.15) is 0 Å². The molecule has 0 radical (unpaired) electrons. The van der Waals surface area contributed by atoms with Gasteiger partial charge in [0.15, 0.2) is 0 Å². The van der Waals surface area contributed by atoms with Gasteiger partial charge >= 0.3 is 0 Å². The molecule has 0 amide bonds. The van der Waals surface area contributed by atoms with Gasteiger partial charge in [-0.3, -0.25) is 0 Å². The third kappa shape index (κ3) is 2.27. The maximum absolute atomic E-state index is 13.4. The van der Waals surface area contributed by atoms with Crippen molar-refractivity contribution in [1.29, 1.82) is 0 Å². The number of para-hydroxylation sites is 2. The molecule has 0 aliphatic carbocycles. The number of rotatable bonds is 1. The molecule has 1 heterocycles. The highest BCUT2D eigenvalue weighted by atomic mass is 35.5. The van der Waals surface area contributed by atoms with Crippen molar-refractivity contribution in [2.75, 3.05) is 23.8 Å². The molecule has 2 N–H and O–H groups in total. The van der Waals surface area contributed by atoms with Crippen molar-refractivity contribution >= 4 is 28.7 Å². The van der Waals surface area contributed by atoms with Gasteiger partial charge in [-0.05, 0) is 24.6 Å². The zero-order chi connectivity index (χ0) is 14.1. The summed E-state index contributed by atoms with van der Waals surface area (Å²) in [5.41, 5.74) is 7.93. The van der Waals surface area contributed by atoms with Gasteiger partial charge in [0.05, 0.1) is 28.7 Å². The van der Waals surface area contributed by atoms with Gasteiger partial charge in [-0.1, -0.05) is 23.7 Å². The number of benzene rings is 2. The van der Waals surface area contributed by atoms with E-state index < -0.39 is 5.82 Å². The van der Waals surface area contributed by atoms with E-state index in [1.165, 1.54) is 6.07 Å². The first-order chi connectivity index (χ1) is 9.66. The lowest BCUT2D eigenvalue weighted by molar-refractivity contribution is 0.322. The summed E-state index contributed by atoms with van der Waals surface area (Å²) in [6.45, 7) is 1.38. The highest BCUT2D eigenvalue weighted by Gasteiger charge is 2.20. The molecule has 2 aromatic rings. The van der Waals surface area contributed by atoms with Crippen molar-refractivity contribution in [3.05, 3.63) is 47.2 Å². The Balaban J connectivity index is 2.12. The van der Waals surface area contributed by atoms with Crippen LogP contribution in [0.5, 0.6) is 5.75 Å². The number of hydrogen-bond donors (Lipinski definition) is 1. The Morgan fingerprint density at radius 3 is 2.85 bits per heavy atom. The van der Waals surface area contributed by atoms with Gasteiger partial charge in [0.1, 0.15) is 11.6 Å². The van der Waals surface area contributed by atoms with Gasteiger partial charge in [-0.25, -0.2) is 4.39 Å². The van der Waals surface area contributed by atoms with Gasteiger partial charge < -0.3 is 15.4 Å². The number of anilines is 3. The topological polar surface area (TPSA) is 38.5 Å². The number of nitrogens with zero attached hydrogens (tertiary/aromatic N) is 1. The Labute approximate surface area is 121 Å². The summed E-state index contributed by atoms with van der Waals surface area (Å²) in [6, 6.07) is 10.5. The molecule has 104 valence electrons. The van der Waals surface area contributed by atoms with Crippen LogP contribution < -0.4 is 15.4 Å². The third-order valence-electron chi connectivity index (χ3n) is 3.30. The minimum Gasteiger partial charge on any atom is -0.491 e. The average Bonchev–Trinajstić information content (AvgIpc) is 2.65. The summed E-state index contributed by atoms with van der Waals surface area (Å²) in [7, 11) is 0. The first-order valence-electron chi connectivity index (χ1n) is 6.40. The van der Waals surface area contributed by atoms with E-state index >= 15 is 0 Å². The van der Waals surface area contributed by atoms with E-state index in [0.29, 0.717) is 18.0 Å². The normalized spacial score (nSPS) is 14.4. The van der Waals surface area contributed by atoms with Crippen LogP contribution in [0.3, 0.4) is 0 Å². The van der Waals surface area contributed by atoms with Gasteiger partial charge in [0, 0.05) is 12.6 Å². The van der Waals surface area contributed by atoms with Crippen LogP contribution in [0.1, 0.15) is 6.42 Å². The first-order valence-corrected chi connectivity index (χ1v) is 6.78. The Hall–Kier alpha value is -1.94. The molecule has 5 heteroatoms. The number of fused-ring (bicyclic) bond motifs is 1. The van der Waals surface area contributed by atoms with Crippen LogP contribution in [0.15, 0.2) is 36.4 Å². The van der Waals surface area contributed by atoms with E-state index in [9.17, 15) is 4.39 Å². The molecule has 0 unspecified atom stereocenters. The Bertz CT molecular complexity index is 648. The molecular weight excluding hydrogens is 279 g/mol. The molecule has 2 aromatic carbocycles. The summed E-state index contributed by atoms with van der Waals surface area (Å²) in [4.78, 5) is 2.02. The quantitative estimate of drug-likeness (QED) is 0.808. The minimum atomic E-state index is -0.507. The Kier molecular flexibility index (Phi) is 3.40. The monoisotopic (exact) mass is 292 g/mol. The predicted molar refractivity (Wildman–Crippen MR) is 79.4 cm³/mol. The summed E-state index contributed by atoms with van der Waals surface area (Å²) in [5.74, 6) is 0.289. The molecule has 0 spiro atoms. The fraction of sp³-hybridized carbons (Fsp3) is 0.200. The Morgan fingerprint density at radius 2 is 2.00 bits per heavy atom. The lowest BCUT2D eigenvalue weighted by Crippen LogP contribution is -2.19. The number of nitrogen functional groups attached to an aromatic ring is 1. The smallest absolute Gasteiger partial charge is 0.143 e. The number of nitrogens with two attached hydrogens (primary N) is 1. The molecule has 0 saturated carbocycles. The van der Waals surface area contributed by atoms with E-state index in [-0.39, 0.29) is 5.02 Å². The van der Waals surface area contributed by atoms with Crippen LogP contribution >= 0.6 is 11.6 Å². The second-order valence-corrected chi connectivity index (χ2v) is 5.05. The maximum atomic E-state index is 13.4. The molecule has 1 aliphatic heterocycles. The van der Waals surface area contributed by atoms with Crippen molar-refractivity contribution in [2.24, 2.45) is 0 Å². The molecule has 0 fully saturated rings. The molecule has 0 saturated heterocycles. The van der Waals surface area contributed by atoms with Crippen LogP contribution in [0.2, 0.25) is 5.02 Å². The van der Waals surface area contributed by atoms with Crippen molar-refractivity contribution in [2.45, 2.75) is 6.42 Å². The van der Waals surface area contributed by atoms with Crippen LogP contribution in [0.4, 0.5) is 21.5 Å². The second kappa shape index (κ2) is 5.21. The van der Waals surface area contributed by atoms with E-state index in [1.54, 1.807) is 6.07 Å². The fourth-order valence-electron chi connectivity index (χ4n) is 2.36. The van der Waals surface area contributed by atoms with Crippen molar-refractivity contribution in [3.8, 4) is 5.75 Å². The van der Waals surface area contributed by atoms with Crippen molar-refractivity contribution < 1.29 is 9.13 Å². The standard InChI is InChI=1S/C15H14ClFN2O/c16-10-8-14(12(18)9-11(10)17)19-6-3-7-20-15-5-2-1-4-13(15)19/h1-2,4-5,8-9H,3,6-7,18H2.